The van der Waals surface area contributed by atoms with Crippen LogP contribution in [0.3, 0.4) is 0 Å². The fourth-order valence-electron chi connectivity index (χ4n) is 7.00. The summed E-state index contributed by atoms with van der Waals surface area (Å²) in [4.78, 5) is 26.0. The zero-order chi connectivity index (χ0) is 28.9. The topological polar surface area (TPSA) is 126 Å². The van der Waals surface area contributed by atoms with E-state index in [-0.39, 0.29) is 30.8 Å². The van der Waals surface area contributed by atoms with E-state index in [9.17, 15) is 19.8 Å². The van der Waals surface area contributed by atoms with Crippen LogP contribution in [0.2, 0.25) is 0 Å². The zero-order valence-corrected chi connectivity index (χ0v) is 23.8. The predicted molar refractivity (Wildman–Crippen MR) is 151 cm³/mol. The number of carbonyl (C=O) groups excluding carboxylic acids is 2. The van der Waals surface area contributed by atoms with Crippen molar-refractivity contribution in [1.29, 1.82) is 0 Å². The number of aliphatic hydroxyl groups excluding tert-OH is 2. The first-order valence-corrected chi connectivity index (χ1v) is 13.9. The first kappa shape index (κ1) is 29.7. The largest absolute Gasteiger partial charge is 0.497 e. The molecule has 2 amide bonds. The number of anilines is 1. The molecule has 2 aliphatic carbocycles. The lowest BCUT2D eigenvalue weighted by atomic mass is 9.46. The molecule has 4 rings (SSSR count). The van der Waals surface area contributed by atoms with Gasteiger partial charge in [0.15, 0.2) is 0 Å². The van der Waals surface area contributed by atoms with Gasteiger partial charge in [0, 0.05) is 36.6 Å². The number of nitrogens with one attached hydrogen (secondary N) is 2. The van der Waals surface area contributed by atoms with Crippen LogP contribution >= 0.6 is 0 Å². The molecule has 6 atom stereocenters. The maximum absolute atomic E-state index is 13.0. The van der Waals surface area contributed by atoms with Gasteiger partial charge in [-0.05, 0) is 48.5 Å². The molecule has 0 radical (unpaired) electrons. The van der Waals surface area contributed by atoms with Crippen molar-refractivity contribution in [3.8, 4) is 11.5 Å². The smallest absolute Gasteiger partial charge is 0.411 e. The molecule has 40 heavy (non-hydrogen) atoms. The Balaban J connectivity index is 1.45. The van der Waals surface area contributed by atoms with Gasteiger partial charge in [0.25, 0.3) is 0 Å². The van der Waals surface area contributed by atoms with Crippen molar-refractivity contribution in [3.05, 3.63) is 54.1 Å². The maximum atomic E-state index is 13.0. The molecule has 0 heterocycles. The summed E-state index contributed by atoms with van der Waals surface area (Å²) >= 11 is 0. The van der Waals surface area contributed by atoms with Gasteiger partial charge in [0.05, 0.1) is 32.6 Å². The average Bonchev–Trinajstić information content (AvgIpc) is 2.95. The van der Waals surface area contributed by atoms with E-state index in [1.54, 1.807) is 18.2 Å². The van der Waals surface area contributed by atoms with Gasteiger partial charge in [-0.15, -0.1) is 0 Å². The summed E-state index contributed by atoms with van der Waals surface area (Å²) < 4.78 is 16.5. The highest BCUT2D eigenvalue weighted by Crippen LogP contribution is 2.61. The Kier molecular flexibility index (Phi) is 9.26. The Labute approximate surface area is 236 Å². The van der Waals surface area contributed by atoms with Crippen molar-refractivity contribution in [3.63, 3.8) is 0 Å². The van der Waals surface area contributed by atoms with Crippen LogP contribution in [-0.2, 0) is 16.1 Å². The van der Waals surface area contributed by atoms with Crippen LogP contribution < -0.4 is 20.1 Å². The molecule has 9 heteroatoms. The number of hydrogen-bond donors (Lipinski definition) is 4. The summed E-state index contributed by atoms with van der Waals surface area (Å²) in [6, 6.07) is 14.8. The van der Waals surface area contributed by atoms with E-state index in [1.807, 2.05) is 37.3 Å². The number of hydrogen-bond acceptors (Lipinski definition) is 7. The Morgan fingerprint density at radius 1 is 1.00 bits per heavy atom. The second-order valence-electron chi connectivity index (χ2n) is 11.6. The molecule has 9 nitrogen and oxygen atoms in total. The standard InChI is InChI=1S/C31H42N2O7/c1-30-13-12-27(40-29(37)33-21-14-22(38-3)16-23(15-21)39-4)31(2,19-34)26(30)11-10-25(35)24(30)17-28(36)32-18-20-8-6-5-7-9-20/h5-9,14-16,24-27,34-35H,10-13,17-19H2,1-4H3,(H,32,36)(H,33,37). The third kappa shape index (κ3) is 6.20. The number of aliphatic hydroxyl groups is 2. The molecular formula is C31H42N2O7. The molecule has 2 aliphatic rings. The van der Waals surface area contributed by atoms with E-state index in [0.717, 1.165) is 5.56 Å². The quantitative estimate of drug-likeness (QED) is 0.359. The summed E-state index contributed by atoms with van der Waals surface area (Å²) in [7, 11) is 3.06. The molecule has 0 bridgehead atoms. The van der Waals surface area contributed by atoms with Gasteiger partial charge in [-0.3, -0.25) is 10.1 Å². The van der Waals surface area contributed by atoms with Crippen molar-refractivity contribution < 1.29 is 34.0 Å². The van der Waals surface area contributed by atoms with Crippen LogP contribution in [0.4, 0.5) is 10.5 Å². The van der Waals surface area contributed by atoms with E-state index in [0.29, 0.717) is 49.4 Å². The lowest BCUT2D eigenvalue weighted by Crippen LogP contribution is -2.61. The fraction of sp³-hybridized carbons (Fsp3) is 0.548. The highest BCUT2D eigenvalue weighted by Gasteiger charge is 2.60. The van der Waals surface area contributed by atoms with Crippen molar-refractivity contribution in [2.45, 2.75) is 64.7 Å². The second-order valence-corrected chi connectivity index (χ2v) is 11.6. The lowest BCUT2D eigenvalue weighted by molar-refractivity contribution is -0.185. The highest BCUT2D eigenvalue weighted by atomic mass is 16.6. The summed E-state index contributed by atoms with van der Waals surface area (Å²) in [6.07, 6.45) is 0.782. The van der Waals surface area contributed by atoms with Gasteiger partial charge in [0.2, 0.25) is 5.91 Å². The van der Waals surface area contributed by atoms with E-state index >= 15 is 0 Å². The minimum Gasteiger partial charge on any atom is -0.497 e. The minimum absolute atomic E-state index is 0.0520. The Bertz CT molecular complexity index is 1150. The third-order valence-electron chi connectivity index (χ3n) is 9.26. The number of fused-ring (bicyclic) bond motifs is 1. The van der Waals surface area contributed by atoms with Gasteiger partial charge in [-0.1, -0.05) is 44.2 Å². The van der Waals surface area contributed by atoms with Crippen LogP contribution in [0.15, 0.2) is 48.5 Å². The number of rotatable bonds is 9. The molecule has 0 aliphatic heterocycles. The van der Waals surface area contributed by atoms with E-state index < -0.39 is 29.1 Å². The SMILES string of the molecule is COc1cc(NC(=O)OC2CCC3(C)C(CC(=O)NCc4ccccc4)C(O)CCC3C2(C)CO)cc(OC)c1. The molecule has 218 valence electrons. The molecule has 4 N–H and O–H groups in total. The highest BCUT2D eigenvalue weighted by molar-refractivity contribution is 5.85. The number of amides is 2. The summed E-state index contributed by atoms with van der Waals surface area (Å²) in [5.74, 6) is 0.633. The van der Waals surface area contributed by atoms with Gasteiger partial charge in [-0.25, -0.2) is 4.79 Å². The minimum atomic E-state index is -0.741. The third-order valence-corrected chi connectivity index (χ3v) is 9.26. The molecule has 2 aromatic carbocycles. The molecule has 0 spiro atoms. The van der Waals surface area contributed by atoms with Gasteiger partial charge in [0.1, 0.15) is 17.6 Å². The first-order valence-electron chi connectivity index (χ1n) is 13.9. The summed E-state index contributed by atoms with van der Waals surface area (Å²) in [6.45, 7) is 4.32. The van der Waals surface area contributed by atoms with Crippen molar-refractivity contribution in [1.82, 2.24) is 5.32 Å². The molecule has 2 saturated carbocycles. The van der Waals surface area contributed by atoms with Crippen molar-refractivity contribution >= 4 is 17.7 Å². The number of carbonyl (C=O) groups is 2. The zero-order valence-electron chi connectivity index (χ0n) is 23.8. The van der Waals surface area contributed by atoms with Gasteiger partial charge < -0.3 is 29.7 Å². The normalized spacial score (nSPS) is 29.6. The van der Waals surface area contributed by atoms with Crippen LogP contribution in [0, 0.1) is 22.7 Å². The molecular weight excluding hydrogens is 512 g/mol. The summed E-state index contributed by atoms with van der Waals surface area (Å²) in [5.41, 5.74) is 0.334. The monoisotopic (exact) mass is 554 g/mol. The number of benzene rings is 2. The Morgan fingerprint density at radius 3 is 2.30 bits per heavy atom. The Morgan fingerprint density at radius 2 is 1.68 bits per heavy atom. The summed E-state index contributed by atoms with van der Waals surface area (Å²) in [5, 5.41) is 27.5. The average molecular weight is 555 g/mol. The number of methoxy groups -OCH3 is 2. The van der Waals surface area contributed by atoms with Crippen molar-refractivity contribution in [2.75, 3.05) is 26.1 Å². The van der Waals surface area contributed by atoms with E-state index in [2.05, 4.69) is 17.6 Å². The van der Waals surface area contributed by atoms with Crippen LogP contribution in [0.1, 0.15) is 51.5 Å². The van der Waals surface area contributed by atoms with Crippen LogP contribution in [-0.4, -0.2) is 55.2 Å². The predicted octanol–water partition coefficient (Wildman–Crippen LogP) is 4.51. The molecule has 2 fully saturated rings. The molecule has 6 unspecified atom stereocenters. The van der Waals surface area contributed by atoms with Crippen molar-refractivity contribution in [2.24, 2.45) is 22.7 Å². The van der Waals surface area contributed by atoms with Crippen LogP contribution in [0.25, 0.3) is 0 Å². The lowest BCUT2D eigenvalue weighted by Gasteiger charge is -2.60. The molecule has 0 saturated heterocycles. The van der Waals surface area contributed by atoms with E-state index in [1.165, 1.54) is 14.2 Å². The second kappa shape index (κ2) is 12.5. The molecule has 0 aromatic heterocycles. The van der Waals surface area contributed by atoms with Gasteiger partial charge >= 0.3 is 6.09 Å². The fourth-order valence-corrected chi connectivity index (χ4v) is 7.00. The number of ether oxygens (including phenoxy) is 3. The van der Waals surface area contributed by atoms with Gasteiger partial charge in [-0.2, -0.15) is 0 Å². The van der Waals surface area contributed by atoms with E-state index in [4.69, 9.17) is 14.2 Å². The first-order chi connectivity index (χ1) is 19.1. The Hall–Kier alpha value is -3.30. The van der Waals surface area contributed by atoms with Crippen LogP contribution in [0.5, 0.6) is 11.5 Å². The molecule has 2 aromatic rings. The maximum Gasteiger partial charge on any atom is 0.411 e.